The number of aromatic amines is 1. The van der Waals surface area contributed by atoms with Crippen molar-refractivity contribution >= 4 is 22.6 Å². The molecule has 1 aromatic carbocycles. The molecule has 0 aliphatic carbocycles. The topological polar surface area (TPSA) is 111 Å². The zero-order valence-corrected chi connectivity index (χ0v) is 20.7. The van der Waals surface area contributed by atoms with Crippen LogP contribution in [0.1, 0.15) is 54.1 Å². The summed E-state index contributed by atoms with van der Waals surface area (Å²) in [5.41, 5.74) is -2.01. The molecule has 198 valence electrons. The predicted octanol–water partition coefficient (Wildman–Crippen LogP) is 4.05. The number of amides is 1. The molecule has 4 atom stereocenters. The lowest BCUT2D eigenvalue weighted by atomic mass is 9.88. The van der Waals surface area contributed by atoms with Crippen LogP contribution >= 0.6 is 0 Å². The first-order chi connectivity index (χ1) is 17.3. The van der Waals surface area contributed by atoms with Gasteiger partial charge in [-0.05, 0) is 49.4 Å². The number of carbonyl (C=O) groups excluding carboxylic acids is 1. The first kappa shape index (κ1) is 26.5. The van der Waals surface area contributed by atoms with Crippen LogP contribution in [-0.2, 0) is 6.18 Å². The number of likely N-dealkylation sites (tertiary alicyclic amines) is 1. The third-order valence-electron chi connectivity index (χ3n) is 6.68. The van der Waals surface area contributed by atoms with Gasteiger partial charge in [-0.15, -0.1) is 0 Å². The minimum atomic E-state index is -4.75. The fraction of sp³-hybridized carbons (Fsp3) is 0.440. The Morgan fingerprint density at radius 3 is 2.46 bits per heavy atom. The number of nitrogens with one attached hydrogen (secondary N) is 2. The molecule has 1 unspecified atom stereocenters. The van der Waals surface area contributed by atoms with Crippen LogP contribution in [0.2, 0.25) is 0 Å². The highest BCUT2D eigenvalue weighted by molar-refractivity contribution is 5.94. The van der Waals surface area contributed by atoms with E-state index in [0.29, 0.717) is 13.1 Å². The third-order valence-corrected chi connectivity index (χ3v) is 6.68. The van der Waals surface area contributed by atoms with Crippen molar-refractivity contribution in [3.8, 4) is 0 Å². The van der Waals surface area contributed by atoms with Gasteiger partial charge < -0.3 is 20.3 Å². The summed E-state index contributed by atoms with van der Waals surface area (Å²) in [6.07, 6.45) is -4.14. The number of alkyl halides is 3. The number of aliphatic hydroxyl groups is 1. The van der Waals surface area contributed by atoms with Gasteiger partial charge in [0, 0.05) is 19.3 Å². The smallest absolute Gasteiger partial charge is 0.392 e. The van der Waals surface area contributed by atoms with E-state index in [9.17, 15) is 32.3 Å². The molecule has 0 spiro atoms. The van der Waals surface area contributed by atoms with Crippen LogP contribution in [0.5, 0.6) is 0 Å². The number of carbonyl (C=O) groups is 1. The lowest BCUT2D eigenvalue weighted by molar-refractivity contribution is -0.138. The van der Waals surface area contributed by atoms with Crippen molar-refractivity contribution < 1.29 is 27.5 Å². The van der Waals surface area contributed by atoms with Gasteiger partial charge in [-0.3, -0.25) is 9.59 Å². The maximum Gasteiger partial charge on any atom is 0.416 e. The zero-order chi connectivity index (χ0) is 27.2. The molecule has 1 aliphatic rings. The monoisotopic (exact) mass is 521 g/mol. The number of pyridine rings is 1. The van der Waals surface area contributed by atoms with Crippen LogP contribution in [0.3, 0.4) is 0 Å². The molecule has 4 rings (SSSR count). The highest BCUT2D eigenvalue weighted by Gasteiger charge is 2.36. The number of halogens is 4. The molecule has 3 N–H and O–H groups in total. The molecule has 2 aromatic heterocycles. The summed E-state index contributed by atoms with van der Waals surface area (Å²) in [7, 11) is 0. The molecule has 0 bridgehead atoms. The lowest BCUT2D eigenvalue weighted by Crippen LogP contribution is -2.49. The second-order valence-corrected chi connectivity index (χ2v) is 9.68. The maximum atomic E-state index is 14.9. The Hall–Kier alpha value is -3.54. The van der Waals surface area contributed by atoms with E-state index in [1.54, 1.807) is 0 Å². The van der Waals surface area contributed by atoms with Crippen molar-refractivity contribution in [2.75, 3.05) is 18.4 Å². The summed E-state index contributed by atoms with van der Waals surface area (Å²) >= 11 is 0. The standard InChI is InChI=1S/C25H27F4N5O3/c1-11-9-34(10-12(2)21(11)35)24(37)15-5-19(26)22(30-8-15)31-13(3)16-6-17-20(7-18(16)25(27,28)29)32-14(4)33-23(17)36/h5-8,11-13,21,35H,9-10H2,1-4H3,(H,30,31)(H,32,33,36)/t11-,12+,13-,21?/m0/s1. The van der Waals surface area contributed by atoms with E-state index in [4.69, 9.17) is 0 Å². The van der Waals surface area contributed by atoms with Gasteiger partial charge in [0.1, 0.15) is 5.82 Å². The fourth-order valence-electron chi connectivity index (χ4n) is 4.76. The van der Waals surface area contributed by atoms with Crippen LogP contribution in [0, 0.1) is 24.6 Å². The van der Waals surface area contributed by atoms with E-state index < -0.39 is 41.2 Å². The Bertz CT molecular complexity index is 1400. The number of anilines is 1. The van der Waals surface area contributed by atoms with Crippen molar-refractivity contribution in [2.24, 2.45) is 11.8 Å². The van der Waals surface area contributed by atoms with Gasteiger partial charge in [0.2, 0.25) is 0 Å². The number of hydrogen-bond donors (Lipinski definition) is 3. The zero-order valence-electron chi connectivity index (χ0n) is 20.7. The molecule has 3 aromatic rings. The van der Waals surface area contributed by atoms with Crippen LogP contribution in [0.4, 0.5) is 23.4 Å². The quantitative estimate of drug-likeness (QED) is 0.447. The van der Waals surface area contributed by atoms with Gasteiger partial charge in [0.25, 0.3) is 11.5 Å². The van der Waals surface area contributed by atoms with Gasteiger partial charge in [-0.25, -0.2) is 14.4 Å². The van der Waals surface area contributed by atoms with E-state index in [1.165, 1.54) is 18.7 Å². The van der Waals surface area contributed by atoms with E-state index >= 15 is 0 Å². The van der Waals surface area contributed by atoms with E-state index in [1.807, 2.05) is 13.8 Å². The number of aromatic nitrogens is 3. The lowest BCUT2D eigenvalue weighted by Gasteiger charge is -2.38. The fourth-order valence-corrected chi connectivity index (χ4v) is 4.76. The Labute approximate surface area is 209 Å². The number of benzene rings is 1. The minimum Gasteiger partial charge on any atom is -0.392 e. The Morgan fingerprint density at radius 2 is 1.86 bits per heavy atom. The summed E-state index contributed by atoms with van der Waals surface area (Å²) in [5, 5.41) is 12.7. The second-order valence-electron chi connectivity index (χ2n) is 9.68. The van der Waals surface area contributed by atoms with E-state index in [0.717, 1.165) is 24.4 Å². The maximum absolute atomic E-state index is 14.9. The van der Waals surface area contributed by atoms with Crippen LogP contribution < -0.4 is 10.9 Å². The van der Waals surface area contributed by atoms with Crippen LogP contribution in [0.15, 0.2) is 29.2 Å². The summed E-state index contributed by atoms with van der Waals surface area (Å²) in [6.45, 7) is 7.10. The summed E-state index contributed by atoms with van der Waals surface area (Å²) in [6, 6.07) is 1.77. The molecule has 12 heteroatoms. The number of rotatable bonds is 4. The SMILES string of the molecule is Cc1nc2cc(C(F)(F)F)c([C@H](C)Nc3ncc(C(=O)N4C[C@@H](C)C(O)[C@@H](C)C4)cc3F)cc2c(=O)[nH]1. The molecular formula is C25H27F4N5O3. The van der Waals surface area contributed by atoms with Crippen molar-refractivity contribution in [3.63, 3.8) is 0 Å². The molecular weight excluding hydrogens is 494 g/mol. The van der Waals surface area contributed by atoms with Crippen LogP contribution in [-0.4, -0.2) is 50.1 Å². The number of hydrogen-bond acceptors (Lipinski definition) is 6. The highest BCUT2D eigenvalue weighted by Crippen LogP contribution is 2.37. The number of piperidine rings is 1. The first-order valence-electron chi connectivity index (χ1n) is 11.8. The van der Waals surface area contributed by atoms with Gasteiger partial charge >= 0.3 is 6.18 Å². The highest BCUT2D eigenvalue weighted by atomic mass is 19.4. The summed E-state index contributed by atoms with van der Waals surface area (Å²) < 4.78 is 56.5. The number of fused-ring (bicyclic) bond motifs is 1. The number of aryl methyl sites for hydroxylation is 1. The van der Waals surface area contributed by atoms with E-state index in [-0.39, 0.29) is 45.5 Å². The molecule has 1 fully saturated rings. The Morgan fingerprint density at radius 1 is 1.22 bits per heavy atom. The molecule has 37 heavy (non-hydrogen) atoms. The van der Waals surface area contributed by atoms with Gasteiger partial charge in [-0.1, -0.05) is 13.8 Å². The van der Waals surface area contributed by atoms with Gasteiger partial charge in [0.15, 0.2) is 11.6 Å². The summed E-state index contributed by atoms with van der Waals surface area (Å²) in [5.74, 6) is -1.83. The molecule has 0 radical (unpaired) electrons. The third kappa shape index (κ3) is 5.29. The normalized spacial score (nSPS) is 21.2. The van der Waals surface area contributed by atoms with Gasteiger partial charge in [-0.2, -0.15) is 13.2 Å². The number of aliphatic hydroxyl groups excluding tert-OH is 1. The van der Waals surface area contributed by atoms with Gasteiger partial charge in [0.05, 0.1) is 34.2 Å². The molecule has 8 nitrogen and oxygen atoms in total. The Kier molecular flexibility index (Phi) is 6.97. The summed E-state index contributed by atoms with van der Waals surface area (Å²) in [4.78, 5) is 37.1. The van der Waals surface area contributed by atoms with Crippen molar-refractivity contribution in [1.82, 2.24) is 19.9 Å². The largest absolute Gasteiger partial charge is 0.416 e. The second kappa shape index (κ2) is 9.73. The number of H-pyrrole nitrogens is 1. The van der Waals surface area contributed by atoms with E-state index in [2.05, 4.69) is 20.3 Å². The minimum absolute atomic E-state index is 0.0128. The predicted molar refractivity (Wildman–Crippen MR) is 129 cm³/mol. The van der Waals surface area contributed by atoms with Crippen LogP contribution in [0.25, 0.3) is 10.9 Å². The molecule has 0 saturated carbocycles. The molecule has 1 aliphatic heterocycles. The molecule has 1 amide bonds. The average molecular weight is 522 g/mol. The molecule has 3 heterocycles. The van der Waals surface area contributed by atoms with Crippen molar-refractivity contribution in [3.05, 3.63) is 63.1 Å². The first-order valence-corrected chi connectivity index (χ1v) is 11.8. The van der Waals surface area contributed by atoms with Crippen molar-refractivity contribution in [1.29, 1.82) is 0 Å². The average Bonchev–Trinajstić information content (AvgIpc) is 2.81. The number of nitrogens with zero attached hydrogens (tertiary/aromatic N) is 3. The Balaban J connectivity index is 1.62. The van der Waals surface area contributed by atoms with Crippen molar-refractivity contribution in [2.45, 2.75) is 46.0 Å². The molecule has 1 saturated heterocycles.